The molecule has 2 aromatic rings. The van der Waals surface area contributed by atoms with Crippen LogP contribution in [0.25, 0.3) is 0 Å². The maximum atomic E-state index is 13.6. The fourth-order valence-electron chi connectivity index (χ4n) is 9.64. The monoisotopic (exact) mass is 861 g/mol. The van der Waals surface area contributed by atoms with Gasteiger partial charge in [-0.3, -0.25) is 4.79 Å². The maximum absolute atomic E-state index is 13.6. The van der Waals surface area contributed by atoms with E-state index in [4.69, 9.17) is 25.8 Å². The zero-order valence-electron chi connectivity index (χ0n) is 33.4. The van der Waals surface area contributed by atoms with E-state index in [9.17, 15) is 13.2 Å². The molecule has 4 heterocycles. The first-order chi connectivity index (χ1) is 27.0. The van der Waals surface area contributed by atoms with Crippen LogP contribution >= 0.6 is 35.1 Å². The van der Waals surface area contributed by atoms with Gasteiger partial charge in [0.1, 0.15) is 11.4 Å². The molecular formula is C44H64ClN3O6S3. The van der Waals surface area contributed by atoms with Crippen LogP contribution in [-0.2, 0) is 31.3 Å². The predicted molar refractivity (Wildman–Crippen MR) is 238 cm³/mol. The Hall–Kier alpha value is -1.93. The summed E-state index contributed by atoms with van der Waals surface area (Å²) in [4.78, 5) is 16.0. The number of allylic oxidation sites excluding steroid dienone is 1. The van der Waals surface area contributed by atoms with Gasteiger partial charge in [-0.25, -0.2) is 13.1 Å². The number of fused-ring (bicyclic) bond motifs is 4. The molecule has 2 N–H and O–H groups in total. The van der Waals surface area contributed by atoms with Crippen molar-refractivity contribution in [3.05, 3.63) is 70.3 Å². The number of rotatable bonds is 3. The van der Waals surface area contributed by atoms with Crippen LogP contribution in [0.2, 0.25) is 5.02 Å². The van der Waals surface area contributed by atoms with Crippen LogP contribution in [0.4, 0.5) is 5.69 Å². The summed E-state index contributed by atoms with van der Waals surface area (Å²) in [5.41, 5.74) is 3.02. The summed E-state index contributed by atoms with van der Waals surface area (Å²) in [7, 11) is -0.280. The van der Waals surface area contributed by atoms with E-state index in [-0.39, 0.29) is 23.3 Å². The molecule has 1 amide bonds. The van der Waals surface area contributed by atoms with Gasteiger partial charge in [-0.1, -0.05) is 44.2 Å². The lowest BCUT2D eigenvalue weighted by molar-refractivity contribution is -0.0639. The van der Waals surface area contributed by atoms with Crippen molar-refractivity contribution >= 4 is 56.7 Å². The van der Waals surface area contributed by atoms with Crippen molar-refractivity contribution in [2.24, 2.45) is 17.8 Å². The number of nitrogens with zero attached hydrogens (tertiary/aromatic N) is 1. The first-order valence-corrected chi connectivity index (χ1v) is 24.6. The molecule has 8 rings (SSSR count). The average Bonchev–Trinajstić information content (AvgIpc) is 3.35. The van der Waals surface area contributed by atoms with E-state index in [2.05, 4.69) is 39.2 Å². The SMILES string of the molecule is C.COC1CCNCC1.CO[C@@]1(C2SCCCS2)/C=C/C[C@H](C)[C@@H](C)S(=O)(=O)NC(=O)c2ccc3c(c2)N(C[C@@H]2CC[C@H]21)C[C@@]1(CCCc2cc(Cl)ccc21)CO3. The molecule has 0 aromatic heterocycles. The molecule has 2 aliphatic carbocycles. The van der Waals surface area contributed by atoms with Gasteiger partial charge < -0.3 is 24.4 Å². The molecule has 2 aromatic carbocycles. The van der Waals surface area contributed by atoms with Crippen LogP contribution in [-0.4, -0.2) is 94.4 Å². The van der Waals surface area contributed by atoms with Crippen molar-refractivity contribution in [3.63, 3.8) is 0 Å². The van der Waals surface area contributed by atoms with Crippen LogP contribution in [0.3, 0.4) is 0 Å². The highest BCUT2D eigenvalue weighted by molar-refractivity contribution is 8.17. The van der Waals surface area contributed by atoms with E-state index in [1.165, 1.54) is 30.4 Å². The van der Waals surface area contributed by atoms with Gasteiger partial charge in [-0.2, -0.15) is 0 Å². The minimum Gasteiger partial charge on any atom is -0.490 e. The van der Waals surface area contributed by atoms with Crippen molar-refractivity contribution in [3.8, 4) is 5.75 Å². The minimum absolute atomic E-state index is 0. The van der Waals surface area contributed by atoms with Crippen molar-refractivity contribution < 1.29 is 27.4 Å². The molecule has 13 heteroatoms. The molecule has 9 nitrogen and oxygen atoms in total. The third-order valence-corrected chi connectivity index (χ3v) is 18.7. The molecule has 3 fully saturated rings. The molecular weight excluding hydrogens is 798 g/mol. The highest BCUT2D eigenvalue weighted by Gasteiger charge is 2.53. The highest BCUT2D eigenvalue weighted by Crippen LogP contribution is 2.54. The standard InChI is InChI=1S/C37H47ClN2O5S3.C6H13NO.CH4/c1-24-7-4-16-37(44-3,35-46-17-6-18-47-35)31-12-9-28(31)21-40-22-36(15-5-8-26-19-29(38)11-13-30(26)36)23-45-33-14-10-27(20-32(33)40)34(41)39-48(42,43)25(24)2;1-8-6-2-4-7-5-3-6;/h4,10-11,13-14,16,19-20,24-25,28,31,35H,5-9,12,15,17-18,21-23H2,1-3H3,(H,39,41);6-7H,2-5H2,1H3;1H4/b16-4+;;/t24-,25+,28-,31+,36-,37-;;/m0../s1. The molecule has 0 unspecified atom stereocenters. The zero-order valence-corrected chi connectivity index (χ0v) is 36.6. The van der Waals surface area contributed by atoms with Gasteiger partial charge >= 0.3 is 0 Å². The lowest BCUT2D eigenvalue weighted by Gasteiger charge is -2.53. The van der Waals surface area contributed by atoms with Crippen LogP contribution in [0.5, 0.6) is 5.75 Å². The summed E-state index contributed by atoms with van der Waals surface area (Å²) in [6, 6.07) is 11.7. The molecule has 1 saturated carbocycles. The van der Waals surface area contributed by atoms with E-state index in [0.29, 0.717) is 36.5 Å². The third-order valence-electron chi connectivity index (χ3n) is 13.3. The predicted octanol–water partition coefficient (Wildman–Crippen LogP) is 8.49. The summed E-state index contributed by atoms with van der Waals surface area (Å²) in [6.07, 6.45) is 14.3. The second-order valence-corrected chi connectivity index (χ2v) is 21.9. The fraction of sp³-hybridized carbons (Fsp3) is 0.659. The Balaban J connectivity index is 0.000000546. The Morgan fingerprint density at radius 2 is 1.77 bits per heavy atom. The fourth-order valence-corrected chi connectivity index (χ4v) is 14.5. The Labute approximate surface area is 355 Å². The van der Waals surface area contributed by atoms with E-state index < -0.39 is 26.8 Å². The summed E-state index contributed by atoms with van der Waals surface area (Å²) in [5, 5.41) is 3.26. The first-order valence-electron chi connectivity index (χ1n) is 20.5. The Morgan fingerprint density at radius 3 is 2.46 bits per heavy atom. The van der Waals surface area contributed by atoms with Gasteiger partial charge in [0.15, 0.2) is 0 Å². The largest absolute Gasteiger partial charge is 0.490 e. The van der Waals surface area contributed by atoms with Crippen molar-refractivity contribution in [1.82, 2.24) is 10.0 Å². The van der Waals surface area contributed by atoms with E-state index >= 15 is 0 Å². The second kappa shape index (κ2) is 19.2. The van der Waals surface area contributed by atoms with Gasteiger partial charge in [0, 0.05) is 43.3 Å². The second-order valence-electron chi connectivity index (χ2n) is 16.7. The number of carbonyl (C=O) groups is 1. The third kappa shape index (κ3) is 9.52. The lowest BCUT2D eigenvalue weighted by Crippen LogP contribution is -2.56. The van der Waals surface area contributed by atoms with Gasteiger partial charge in [-0.05, 0) is 149 Å². The number of benzene rings is 2. The average molecular weight is 863 g/mol. The molecule has 0 radical (unpaired) electrons. The van der Waals surface area contributed by atoms with Gasteiger partial charge in [0.25, 0.3) is 5.91 Å². The number of amides is 1. The maximum Gasteiger partial charge on any atom is 0.264 e. The van der Waals surface area contributed by atoms with Crippen LogP contribution in [0.15, 0.2) is 48.6 Å². The summed E-state index contributed by atoms with van der Waals surface area (Å²) in [6.45, 7) is 7.93. The van der Waals surface area contributed by atoms with Gasteiger partial charge in [0.05, 0.1) is 28.2 Å². The number of aryl methyl sites for hydroxylation is 1. The minimum atomic E-state index is -3.93. The molecule has 2 bridgehead atoms. The van der Waals surface area contributed by atoms with E-state index in [0.717, 1.165) is 86.2 Å². The van der Waals surface area contributed by atoms with Crippen molar-refractivity contribution in [2.75, 3.05) is 63.4 Å². The summed E-state index contributed by atoms with van der Waals surface area (Å²) in [5.74, 6) is 2.83. The Morgan fingerprint density at radius 1 is 1.00 bits per heavy atom. The number of hydrogen-bond acceptors (Lipinski definition) is 10. The number of anilines is 1. The summed E-state index contributed by atoms with van der Waals surface area (Å²) >= 11 is 10.5. The number of sulfonamides is 1. The lowest BCUT2D eigenvalue weighted by atomic mass is 9.64. The highest BCUT2D eigenvalue weighted by atomic mass is 35.5. The van der Waals surface area contributed by atoms with Crippen LogP contribution < -0.4 is 19.7 Å². The van der Waals surface area contributed by atoms with Gasteiger partial charge in [-0.15, -0.1) is 23.5 Å². The first kappa shape index (κ1) is 44.6. The van der Waals surface area contributed by atoms with E-state index in [1.54, 1.807) is 20.1 Å². The Kier molecular flexibility index (Phi) is 15.0. The molecule has 6 aliphatic rings. The normalized spacial score (nSPS) is 32.4. The molecule has 6 atom stereocenters. The van der Waals surface area contributed by atoms with E-state index in [1.807, 2.05) is 55.8 Å². The number of nitrogens with one attached hydrogen (secondary N) is 2. The topological polar surface area (TPSA) is 106 Å². The number of carbonyl (C=O) groups excluding carboxylic acids is 1. The van der Waals surface area contributed by atoms with Crippen molar-refractivity contribution in [2.45, 2.75) is 106 Å². The number of ether oxygens (including phenoxy) is 3. The number of piperidine rings is 1. The Bertz CT molecular complexity index is 1840. The quantitative estimate of drug-likeness (QED) is 0.292. The number of halogens is 1. The number of methoxy groups -OCH3 is 2. The van der Waals surface area contributed by atoms with Gasteiger partial charge in [0.2, 0.25) is 10.0 Å². The number of hydrogen-bond donors (Lipinski definition) is 2. The number of thioether (sulfide) groups is 2. The van der Waals surface area contributed by atoms with Crippen LogP contribution in [0.1, 0.15) is 94.1 Å². The van der Waals surface area contributed by atoms with Crippen LogP contribution in [0, 0.1) is 17.8 Å². The summed E-state index contributed by atoms with van der Waals surface area (Å²) < 4.78 is 48.2. The molecule has 316 valence electrons. The smallest absolute Gasteiger partial charge is 0.264 e. The molecule has 1 spiro atoms. The van der Waals surface area contributed by atoms with Crippen molar-refractivity contribution in [1.29, 1.82) is 0 Å². The molecule has 57 heavy (non-hydrogen) atoms. The molecule has 4 aliphatic heterocycles. The zero-order chi connectivity index (χ0) is 39.5. The molecule has 2 saturated heterocycles.